The average Bonchev–Trinajstić information content (AvgIpc) is 2.41. The van der Waals surface area contributed by atoms with Gasteiger partial charge in [-0.3, -0.25) is 0 Å². The van der Waals surface area contributed by atoms with Crippen molar-refractivity contribution in [3.63, 3.8) is 0 Å². The topological polar surface area (TPSA) is 78.4 Å². The van der Waals surface area contributed by atoms with Gasteiger partial charge in [0.15, 0.2) is 0 Å². The Labute approximate surface area is 122 Å². The van der Waals surface area contributed by atoms with Crippen LogP contribution in [0.4, 0.5) is 14.9 Å². The van der Waals surface area contributed by atoms with Crippen LogP contribution < -0.4 is 10.6 Å². The minimum absolute atomic E-state index is 0.265. The zero-order valence-corrected chi connectivity index (χ0v) is 11.9. The van der Waals surface area contributed by atoms with Gasteiger partial charge in [0.2, 0.25) is 0 Å². The second kappa shape index (κ2) is 6.11. The summed E-state index contributed by atoms with van der Waals surface area (Å²) in [6.45, 7) is 1.95. The van der Waals surface area contributed by atoms with Crippen molar-refractivity contribution in [2.45, 2.75) is 44.6 Å². The molecule has 0 heterocycles. The number of anilines is 1. The summed E-state index contributed by atoms with van der Waals surface area (Å²) in [4.78, 5) is 23.1. The van der Waals surface area contributed by atoms with Gasteiger partial charge in [0.25, 0.3) is 0 Å². The third-order valence-electron chi connectivity index (χ3n) is 3.85. The summed E-state index contributed by atoms with van der Waals surface area (Å²) >= 11 is 0. The molecule has 0 radical (unpaired) electrons. The van der Waals surface area contributed by atoms with Gasteiger partial charge in [0.05, 0.1) is 11.3 Å². The van der Waals surface area contributed by atoms with Crippen LogP contribution in [-0.2, 0) is 0 Å². The first-order valence-corrected chi connectivity index (χ1v) is 7.02. The van der Waals surface area contributed by atoms with Gasteiger partial charge in [-0.25, -0.2) is 14.0 Å². The molecule has 1 aliphatic rings. The number of carbonyl (C=O) groups is 2. The van der Waals surface area contributed by atoms with Crippen molar-refractivity contribution in [3.8, 4) is 0 Å². The fraction of sp³-hybridized carbons (Fsp3) is 0.467. The van der Waals surface area contributed by atoms with Crippen LogP contribution in [0.25, 0.3) is 0 Å². The van der Waals surface area contributed by atoms with Crippen molar-refractivity contribution in [2.24, 2.45) is 0 Å². The highest BCUT2D eigenvalue weighted by molar-refractivity contribution is 6.00. The predicted octanol–water partition coefficient (Wildman–Crippen LogP) is 3.37. The first-order chi connectivity index (χ1) is 9.91. The summed E-state index contributed by atoms with van der Waals surface area (Å²) < 4.78 is 13.7. The summed E-state index contributed by atoms with van der Waals surface area (Å²) in [6.07, 6.45) is 4.95. The number of amides is 2. The Morgan fingerprint density at radius 3 is 2.52 bits per heavy atom. The molecule has 1 fully saturated rings. The lowest BCUT2D eigenvalue weighted by atomic mass is 9.83. The number of hydrogen-bond donors (Lipinski definition) is 3. The summed E-state index contributed by atoms with van der Waals surface area (Å²) in [5, 5.41) is 14.2. The summed E-state index contributed by atoms with van der Waals surface area (Å²) in [5.41, 5.74) is -0.891. The number of carbonyl (C=O) groups excluding carboxylic acids is 1. The first kappa shape index (κ1) is 15.3. The summed E-state index contributed by atoms with van der Waals surface area (Å²) in [7, 11) is 0. The Morgan fingerprint density at radius 2 is 1.90 bits per heavy atom. The fourth-order valence-electron chi connectivity index (χ4n) is 2.71. The number of urea groups is 1. The molecule has 0 atom stereocenters. The van der Waals surface area contributed by atoms with E-state index in [1.807, 2.05) is 6.92 Å². The maximum Gasteiger partial charge on any atom is 0.337 e. The fourth-order valence-corrected chi connectivity index (χ4v) is 2.71. The van der Waals surface area contributed by atoms with E-state index >= 15 is 0 Å². The molecular formula is C15H19FN2O3. The van der Waals surface area contributed by atoms with Crippen LogP contribution in [0.3, 0.4) is 0 Å². The Kier molecular flexibility index (Phi) is 4.45. The van der Waals surface area contributed by atoms with Crippen LogP contribution in [0, 0.1) is 5.82 Å². The molecule has 3 N–H and O–H groups in total. The highest BCUT2D eigenvalue weighted by atomic mass is 19.1. The Morgan fingerprint density at radius 1 is 1.24 bits per heavy atom. The third kappa shape index (κ3) is 3.71. The molecule has 5 nitrogen and oxygen atoms in total. The van der Waals surface area contributed by atoms with Crippen LogP contribution >= 0.6 is 0 Å². The zero-order valence-electron chi connectivity index (χ0n) is 11.9. The van der Waals surface area contributed by atoms with Gasteiger partial charge in [-0.15, -0.1) is 0 Å². The van der Waals surface area contributed by atoms with Gasteiger partial charge in [-0.1, -0.05) is 25.3 Å². The molecule has 6 heteroatoms. The SMILES string of the molecule is CC1(NC(=O)Nc2c(F)cccc2C(=O)O)CCCCC1. The van der Waals surface area contributed by atoms with E-state index in [4.69, 9.17) is 5.11 Å². The maximum atomic E-state index is 13.7. The van der Waals surface area contributed by atoms with Gasteiger partial charge in [-0.2, -0.15) is 0 Å². The van der Waals surface area contributed by atoms with Crippen LogP contribution in [0.2, 0.25) is 0 Å². The van der Waals surface area contributed by atoms with Crippen LogP contribution in [0.1, 0.15) is 49.4 Å². The van der Waals surface area contributed by atoms with Gasteiger partial charge in [-0.05, 0) is 31.9 Å². The molecule has 2 amide bonds. The van der Waals surface area contributed by atoms with Crippen LogP contribution in [0.5, 0.6) is 0 Å². The molecule has 1 aromatic rings. The van der Waals surface area contributed by atoms with Crippen molar-refractivity contribution < 1.29 is 19.1 Å². The second-order valence-electron chi connectivity index (χ2n) is 5.67. The number of carboxylic acids is 1. The van der Waals surface area contributed by atoms with Gasteiger partial charge in [0, 0.05) is 5.54 Å². The summed E-state index contributed by atoms with van der Waals surface area (Å²) in [5.74, 6) is -2.05. The van der Waals surface area contributed by atoms with Crippen molar-refractivity contribution >= 4 is 17.7 Å². The van der Waals surface area contributed by atoms with Gasteiger partial charge >= 0.3 is 12.0 Å². The van der Waals surface area contributed by atoms with Crippen molar-refractivity contribution in [1.29, 1.82) is 0 Å². The van der Waals surface area contributed by atoms with Crippen LogP contribution in [-0.4, -0.2) is 22.6 Å². The quantitative estimate of drug-likeness (QED) is 0.799. The molecule has 1 saturated carbocycles. The third-order valence-corrected chi connectivity index (χ3v) is 3.85. The van der Waals surface area contributed by atoms with E-state index in [9.17, 15) is 14.0 Å². The molecule has 114 valence electrons. The Bertz CT molecular complexity index is 554. The van der Waals surface area contributed by atoms with E-state index in [0.717, 1.165) is 38.2 Å². The zero-order chi connectivity index (χ0) is 15.5. The smallest absolute Gasteiger partial charge is 0.337 e. The minimum atomic E-state index is -1.28. The predicted molar refractivity (Wildman–Crippen MR) is 77.0 cm³/mol. The summed E-state index contributed by atoms with van der Waals surface area (Å²) in [6, 6.07) is 3.09. The first-order valence-electron chi connectivity index (χ1n) is 7.02. The number of rotatable bonds is 3. The van der Waals surface area contributed by atoms with E-state index in [1.54, 1.807) is 0 Å². The Balaban J connectivity index is 2.11. The number of benzene rings is 1. The number of para-hydroxylation sites is 1. The highest BCUT2D eigenvalue weighted by Crippen LogP contribution is 2.28. The molecule has 1 aromatic carbocycles. The number of nitrogens with one attached hydrogen (secondary N) is 2. The molecule has 0 aromatic heterocycles. The second-order valence-corrected chi connectivity index (χ2v) is 5.67. The molecule has 0 unspecified atom stereocenters. The average molecular weight is 294 g/mol. The largest absolute Gasteiger partial charge is 0.478 e. The van der Waals surface area contributed by atoms with Gasteiger partial charge in [0.1, 0.15) is 5.82 Å². The monoisotopic (exact) mass is 294 g/mol. The van der Waals surface area contributed by atoms with Crippen molar-refractivity contribution in [1.82, 2.24) is 5.32 Å². The normalized spacial score (nSPS) is 17.0. The number of hydrogen-bond acceptors (Lipinski definition) is 2. The number of carboxylic acid groups (broad SMARTS) is 1. The molecule has 0 saturated heterocycles. The van der Waals surface area contributed by atoms with E-state index in [1.165, 1.54) is 12.1 Å². The number of aromatic carboxylic acids is 1. The van der Waals surface area contributed by atoms with E-state index in [0.29, 0.717) is 0 Å². The van der Waals surface area contributed by atoms with Crippen molar-refractivity contribution in [2.75, 3.05) is 5.32 Å². The standard InChI is InChI=1S/C15H19FN2O3/c1-15(8-3-2-4-9-15)18-14(21)17-12-10(13(19)20)6-5-7-11(12)16/h5-7H,2-4,8-9H2,1H3,(H,19,20)(H2,17,18,21). The van der Waals surface area contributed by atoms with Crippen LogP contribution in [0.15, 0.2) is 18.2 Å². The lowest BCUT2D eigenvalue weighted by Crippen LogP contribution is -2.49. The molecular weight excluding hydrogens is 275 g/mol. The number of halogens is 1. The lowest BCUT2D eigenvalue weighted by molar-refractivity contribution is 0.0697. The molecule has 21 heavy (non-hydrogen) atoms. The lowest BCUT2D eigenvalue weighted by Gasteiger charge is -2.34. The maximum absolute atomic E-state index is 13.7. The molecule has 2 rings (SSSR count). The Hall–Kier alpha value is -2.11. The highest BCUT2D eigenvalue weighted by Gasteiger charge is 2.29. The van der Waals surface area contributed by atoms with Gasteiger partial charge < -0.3 is 15.7 Å². The van der Waals surface area contributed by atoms with E-state index in [-0.39, 0.29) is 16.8 Å². The van der Waals surface area contributed by atoms with E-state index in [2.05, 4.69) is 10.6 Å². The molecule has 0 aliphatic heterocycles. The van der Waals surface area contributed by atoms with E-state index < -0.39 is 17.8 Å². The molecule has 0 spiro atoms. The molecule has 0 bridgehead atoms. The molecule has 1 aliphatic carbocycles. The van der Waals surface area contributed by atoms with Crippen molar-refractivity contribution in [3.05, 3.63) is 29.6 Å². The minimum Gasteiger partial charge on any atom is -0.478 e.